The van der Waals surface area contributed by atoms with E-state index in [1.165, 1.54) is 11.3 Å². The maximum Gasteiger partial charge on any atom is 0.417 e. The van der Waals surface area contributed by atoms with Crippen LogP contribution < -0.4 is 5.76 Å². The van der Waals surface area contributed by atoms with E-state index in [1.807, 2.05) is 11.4 Å². The molecule has 2 heterocycles. The molecular formula is C11H8N2O3S. The second-order valence-corrected chi connectivity index (χ2v) is 4.45. The van der Waals surface area contributed by atoms with Gasteiger partial charge in [0.15, 0.2) is 5.58 Å². The zero-order valence-electron chi connectivity index (χ0n) is 8.64. The number of nitrogens with zero attached hydrogens (tertiary/aromatic N) is 1. The van der Waals surface area contributed by atoms with Crippen molar-refractivity contribution in [2.75, 3.05) is 0 Å². The molecule has 3 aromatic rings. The third-order valence-electron chi connectivity index (χ3n) is 2.40. The Kier molecular flexibility index (Phi) is 2.31. The van der Waals surface area contributed by atoms with Gasteiger partial charge in [0.2, 0.25) is 0 Å². The minimum absolute atomic E-state index is 0.0601. The number of benzene rings is 1. The van der Waals surface area contributed by atoms with E-state index in [0.29, 0.717) is 16.1 Å². The highest BCUT2D eigenvalue weighted by molar-refractivity contribution is 7.09. The summed E-state index contributed by atoms with van der Waals surface area (Å²) in [4.78, 5) is 17.9. The first-order chi connectivity index (χ1) is 8.26. The van der Waals surface area contributed by atoms with Crippen molar-refractivity contribution in [2.24, 2.45) is 0 Å². The van der Waals surface area contributed by atoms with Crippen molar-refractivity contribution in [1.82, 2.24) is 9.97 Å². The summed E-state index contributed by atoms with van der Waals surface area (Å²) in [5.74, 6) is -0.466. The molecule has 3 rings (SSSR count). The molecule has 1 aromatic carbocycles. The summed E-state index contributed by atoms with van der Waals surface area (Å²) in [7, 11) is 0. The second kappa shape index (κ2) is 3.83. The van der Waals surface area contributed by atoms with Gasteiger partial charge in [0.25, 0.3) is 0 Å². The SMILES string of the molecule is O=c1[nH]c2cc(-c3csc(CO)n3)ccc2o1. The van der Waals surface area contributed by atoms with Crippen molar-refractivity contribution in [1.29, 1.82) is 0 Å². The Bertz CT molecular complexity index is 725. The molecule has 0 fully saturated rings. The normalized spacial score (nSPS) is 11.1. The fourth-order valence-electron chi connectivity index (χ4n) is 1.63. The molecule has 5 nitrogen and oxygen atoms in total. The van der Waals surface area contributed by atoms with Crippen LogP contribution in [0, 0.1) is 0 Å². The van der Waals surface area contributed by atoms with Gasteiger partial charge in [-0.05, 0) is 18.2 Å². The topological polar surface area (TPSA) is 79.1 Å². The summed E-state index contributed by atoms with van der Waals surface area (Å²) in [5.41, 5.74) is 2.83. The summed E-state index contributed by atoms with van der Waals surface area (Å²) in [6.45, 7) is -0.0601. The molecule has 0 saturated heterocycles. The molecule has 0 aliphatic rings. The predicted octanol–water partition coefficient (Wildman–Crippen LogP) is 1.74. The fraction of sp³-hybridized carbons (Fsp3) is 0.0909. The number of hydrogen-bond acceptors (Lipinski definition) is 5. The van der Waals surface area contributed by atoms with Crippen LogP contribution in [0.3, 0.4) is 0 Å². The van der Waals surface area contributed by atoms with E-state index in [4.69, 9.17) is 9.52 Å². The summed E-state index contributed by atoms with van der Waals surface area (Å²) in [6, 6.07) is 5.35. The Morgan fingerprint density at radius 3 is 3.12 bits per heavy atom. The number of aliphatic hydroxyl groups is 1. The maximum atomic E-state index is 11.0. The molecule has 17 heavy (non-hydrogen) atoms. The quantitative estimate of drug-likeness (QED) is 0.724. The van der Waals surface area contributed by atoms with Crippen LogP contribution in [0.5, 0.6) is 0 Å². The number of aliphatic hydroxyl groups excluding tert-OH is 1. The zero-order valence-corrected chi connectivity index (χ0v) is 9.45. The smallest absolute Gasteiger partial charge is 0.408 e. The monoisotopic (exact) mass is 248 g/mol. The lowest BCUT2D eigenvalue weighted by atomic mass is 10.1. The standard InChI is InChI=1S/C11H8N2O3S/c14-4-10-12-8(5-17-10)6-1-2-9-7(3-6)13-11(15)16-9/h1-3,5,14H,4H2,(H,13,15). The minimum Gasteiger partial charge on any atom is -0.408 e. The number of oxazole rings is 1. The minimum atomic E-state index is -0.466. The highest BCUT2D eigenvalue weighted by atomic mass is 32.1. The summed E-state index contributed by atoms with van der Waals surface area (Å²) in [6.07, 6.45) is 0. The summed E-state index contributed by atoms with van der Waals surface area (Å²) < 4.78 is 4.92. The molecule has 86 valence electrons. The van der Waals surface area contributed by atoms with Gasteiger partial charge in [-0.15, -0.1) is 11.3 Å². The predicted molar refractivity (Wildman–Crippen MR) is 63.9 cm³/mol. The lowest BCUT2D eigenvalue weighted by Gasteiger charge is -1.95. The number of rotatable bonds is 2. The lowest BCUT2D eigenvalue weighted by molar-refractivity contribution is 0.281. The number of aromatic amines is 1. The Hall–Kier alpha value is -1.92. The molecule has 6 heteroatoms. The Labute approximate surface area is 99.4 Å². The molecule has 0 radical (unpaired) electrons. The second-order valence-electron chi connectivity index (χ2n) is 3.51. The number of fused-ring (bicyclic) bond motifs is 1. The molecule has 2 N–H and O–H groups in total. The van der Waals surface area contributed by atoms with Gasteiger partial charge >= 0.3 is 5.76 Å². The first-order valence-electron chi connectivity index (χ1n) is 4.95. The van der Waals surface area contributed by atoms with E-state index in [1.54, 1.807) is 12.1 Å². The van der Waals surface area contributed by atoms with Gasteiger partial charge in [0.1, 0.15) is 5.01 Å². The van der Waals surface area contributed by atoms with Crippen LogP contribution in [0.2, 0.25) is 0 Å². The highest BCUT2D eigenvalue weighted by Gasteiger charge is 2.07. The zero-order chi connectivity index (χ0) is 11.8. The Morgan fingerprint density at radius 2 is 2.35 bits per heavy atom. The van der Waals surface area contributed by atoms with Gasteiger partial charge in [0.05, 0.1) is 17.8 Å². The maximum absolute atomic E-state index is 11.0. The van der Waals surface area contributed by atoms with Crippen molar-refractivity contribution in [3.05, 3.63) is 39.1 Å². The number of aromatic nitrogens is 2. The molecule has 0 amide bonds. The molecule has 0 bridgehead atoms. The third-order valence-corrected chi connectivity index (χ3v) is 3.24. The van der Waals surface area contributed by atoms with Crippen molar-refractivity contribution >= 4 is 22.4 Å². The van der Waals surface area contributed by atoms with E-state index in [9.17, 15) is 4.79 Å². The highest BCUT2D eigenvalue weighted by Crippen LogP contribution is 2.24. The molecule has 2 aromatic heterocycles. The van der Waals surface area contributed by atoms with Gasteiger partial charge in [-0.1, -0.05) is 0 Å². The molecule has 0 spiro atoms. The van der Waals surface area contributed by atoms with Crippen molar-refractivity contribution in [2.45, 2.75) is 6.61 Å². The molecule has 0 aliphatic heterocycles. The molecular weight excluding hydrogens is 240 g/mol. The number of hydrogen-bond donors (Lipinski definition) is 2. The van der Waals surface area contributed by atoms with Crippen LogP contribution in [0.25, 0.3) is 22.4 Å². The van der Waals surface area contributed by atoms with Gasteiger partial charge < -0.3 is 9.52 Å². The molecule has 0 atom stereocenters. The van der Waals surface area contributed by atoms with Crippen molar-refractivity contribution < 1.29 is 9.52 Å². The Morgan fingerprint density at radius 1 is 1.47 bits per heavy atom. The van der Waals surface area contributed by atoms with Crippen LogP contribution in [-0.4, -0.2) is 15.1 Å². The number of thiazole rings is 1. The van der Waals surface area contributed by atoms with Gasteiger partial charge in [-0.3, -0.25) is 4.98 Å². The van der Waals surface area contributed by atoms with Crippen molar-refractivity contribution in [3.63, 3.8) is 0 Å². The Balaban J connectivity index is 2.13. The first kappa shape index (κ1) is 10.2. The van der Waals surface area contributed by atoms with Gasteiger partial charge in [-0.25, -0.2) is 9.78 Å². The van der Waals surface area contributed by atoms with Gasteiger partial charge in [-0.2, -0.15) is 0 Å². The first-order valence-corrected chi connectivity index (χ1v) is 5.83. The van der Waals surface area contributed by atoms with E-state index < -0.39 is 5.76 Å². The summed E-state index contributed by atoms with van der Waals surface area (Å²) >= 11 is 1.40. The van der Waals surface area contributed by atoms with Crippen LogP contribution in [0.4, 0.5) is 0 Å². The number of H-pyrrole nitrogens is 1. The third kappa shape index (κ3) is 1.77. The largest absolute Gasteiger partial charge is 0.417 e. The van der Waals surface area contributed by atoms with E-state index in [-0.39, 0.29) is 6.61 Å². The van der Waals surface area contributed by atoms with Crippen LogP contribution in [-0.2, 0) is 6.61 Å². The van der Waals surface area contributed by atoms with E-state index >= 15 is 0 Å². The van der Waals surface area contributed by atoms with E-state index in [0.717, 1.165) is 11.3 Å². The van der Waals surface area contributed by atoms with Gasteiger partial charge in [0, 0.05) is 10.9 Å². The molecule has 0 unspecified atom stereocenters. The lowest BCUT2D eigenvalue weighted by Crippen LogP contribution is -1.92. The van der Waals surface area contributed by atoms with Crippen molar-refractivity contribution in [3.8, 4) is 11.3 Å². The molecule has 0 saturated carbocycles. The van der Waals surface area contributed by atoms with Crippen LogP contribution in [0.15, 0.2) is 32.8 Å². The van der Waals surface area contributed by atoms with E-state index in [2.05, 4.69) is 9.97 Å². The fourth-order valence-corrected chi connectivity index (χ4v) is 2.29. The summed E-state index contributed by atoms with van der Waals surface area (Å²) in [5, 5.41) is 11.5. The average Bonchev–Trinajstić information content (AvgIpc) is 2.92. The average molecular weight is 248 g/mol. The number of nitrogens with one attached hydrogen (secondary N) is 1. The van der Waals surface area contributed by atoms with Crippen LogP contribution >= 0.6 is 11.3 Å². The molecule has 0 aliphatic carbocycles. The van der Waals surface area contributed by atoms with Crippen LogP contribution in [0.1, 0.15) is 5.01 Å².